The maximum atomic E-state index is 11.3. The van der Waals surface area contributed by atoms with Gasteiger partial charge >= 0.3 is 5.97 Å². The molecule has 0 bridgehead atoms. The number of rotatable bonds is 1. The lowest BCUT2D eigenvalue weighted by molar-refractivity contribution is -0.130. The number of carbonyl (C=O) groups excluding carboxylic acids is 1. The summed E-state index contributed by atoms with van der Waals surface area (Å²) in [5.41, 5.74) is 1.31. The van der Waals surface area contributed by atoms with E-state index in [0.29, 0.717) is 11.6 Å². The van der Waals surface area contributed by atoms with Crippen molar-refractivity contribution in [2.75, 3.05) is 0 Å². The van der Waals surface area contributed by atoms with Crippen molar-refractivity contribution in [3.8, 4) is 0 Å². The zero-order chi connectivity index (χ0) is 10.8. The molecule has 0 aliphatic carbocycles. The summed E-state index contributed by atoms with van der Waals surface area (Å²) in [5, 5.41) is 0. The zero-order valence-electron chi connectivity index (χ0n) is 8.03. The van der Waals surface area contributed by atoms with Gasteiger partial charge in [0.25, 0.3) is 0 Å². The molecule has 1 aromatic carbocycles. The molecule has 1 aromatic rings. The van der Waals surface area contributed by atoms with Gasteiger partial charge in [0, 0.05) is 10.5 Å². The summed E-state index contributed by atoms with van der Waals surface area (Å²) < 4.78 is 5.94. The van der Waals surface area contributed by atoms with Gasteiger partial charge in [0.2, 0.25) is 0 Å². The Balaban J connectivity index is 2.35. The Labute approximate surface area is 101 Å². The second-order valence-electron chi connectivity index (χ2n) is 3.10. The summed E-state index contributed by atoms with van der Waals surface area (Å²) in [6, 6.07) is 7.82. The van der Waals surface area contributed by atoms with Crippen LogP contribution in [0.4, 0.5) is 0 Å². The van der Waals surface area contributed by atoms with Crippen LogP contribution in [0.3, 0.4) is 0 Å². The highest BCUT2D eigenvalue weighted by Gasteiger charge is 2.19. The Morgan fingerprint density at radius 2 is 2.27 bits per heavy atom. The highest BCUT2D eigenvalue weighted by Crippen LogP contribution is 2.16. The maximum absolute atomic E-state index is 11.3. The maximum Gasteiger partial charge on any atom is 0.363 e. The van der Waals surface area contributed by atoms with E-state index in [1.807, 2.05) is 24.3 Å². The molecule has 76 valence electrons. The summed E-state index contributed by atoms with van der Waals surface area (Å²) in [6.07, 6.45) is 1.72. The van der Waals surface area contributed by atoms with E-state index in [4.69, 9.17) is 4.74 Å². The van der Waals surface area contributed by atoms with E-state index < -0.39 is 0 Å². The molecule has 0 unspecified atom stereocenters. The molecule has 2 rings (SSSR count). The lowest BCUT2D eigenvalue weighted by atomic mass is 10.2. The molecule has 3 nitrogen and oxygen atoms in total. The quantitative estimate of drug-likeness (QED) is 0.454. The second kappa shape index (κ2) is 4.14. The molecule has 0 spiro atoms. The summed E-state index contributed by atoms with van der Waals surface area (Å²) in [4.78, 5) is 15.3. The number of benzene rings is 1. The van der Waals surface area contributed by atoms with Crippen molar-refractivity contribution in [3.05, 3.63) is 39.1 Å². The van der Waals surface area contributed by atoms with Crippen molar-refractivity contribution in [1.29, 1.82) is 0 Å². The third-order valence-corrected chi connectivity index (χ3v) is 2.55. The molecule has 1 aliphatic rings. The van der Waals surface area contributed by atoms with E-state index in [9.17, 15) is 4.79 Å². The summed E-state index contributed by atoms with van der Waals surface area (Å²) in [5.74, 6) is 0.0169. The molecular formula is C11H8INO2. The Morgan fingerprint density at radius 3 is 2.87 bits per heavy atom. The van der Waals surface area contributed by atoms with Gasteiger partial charge in [0.1, 0.15) is 0 Å². The van der Waals surface area contributed by atoms with E-state index >= 15 is 0 Å². The fourth-order valence-electron chi connectivity index (χ4n) is 1.27. The van der Waals surface area contributed by atoms with Crippen molar-refractivity contribution in [2.24, 2.45) is 4.99 Å². The molecular weight excluding hydrogens is 305 g/mol. The number of halogens is 1. The third kappa shape index (κ3) is 2.44. The van der Waals surface area contributed by atoms with E-state index in [2.05, 4.69) is 27.6 Å². The molecule has 0 saturated carbocycles. The van der Waals surface area contributed by atoms with E-state index in [1.165, 1.54) is 0 Å². The van der Waals surface area contributed by atoms with Crippen LogP contribution in [0.25, 0.3) is 6.08 Å². The Kier molecular flexibility index (Phi) is 2.86. The number of hydrogen-bond acceptors (Lipinski definition) is 3. The van der Waals surface area contributed by atoms with Gasteiger partial charge < -0.3 is 4.74 Å². The minimum Gasteiger partial charge on any atom is -0.407 e. The third-order valence-electron chi connectivity index (χ3n) is 1.88. The van der Waals surface area contributed by atoms with Crippen LogP contribution in [0.1, 0.15) is 12.5 Å². The first-order chi connectivity index (χ1) is 7.15. The van der Waals surface area contributed by atoms with Crippen LogP contribution in [-0.4, -0.2) is 11.9 Å². The van der Waals surface area contributed by atoms with Gasteiger partial charge in [0.05, 0.1) is 0 Å². The van der Waals surface area contributed by atoms with Crippen LogP contribution >= 0.6 is 22.6 Å². The molecule has 0 aromatic heterocycles. The van der Waals surface area contributed by atoms with Crippen LogP contribution in [0, 0.1) is 3.57 Å². The van der Waals surface area contributed by atoms with Gasteiger partial charge in [-0.1, -0.05) is 12.1 Å². The molecule has 0 saturated heterocycles. The molecule has 0 fully saturated rings. The molecule has 4 heteroatoms. The first-order valence-corrected chi connectivity index (χ1v) is 5.48. The number of hydrogen-bond donors (Lipinski definition) is 0. The van der Waals surface area contributed by atoms with Crippen LogP contribution in [-0.2, 0) is 9.53 Å². The Hall–Kier alpha value is -1.17. The smallest absolute Gasteiger partial charge is 0.363 e. The van der Waals surface area contributed by atoms with Crippen LogP contribution < -0.4 is 0 Å². The van der Waals surface area contributed by atoms with Crippen molar-refractivity contribution in [2.45, 2.75) is 6.92 Å². The molecule has 0 atom stereocenters. The van der Waals surface area contributed by atoms with Crippen molar-refractivity contribution < 1.29 is 9.53 Å². The minimum atomic E-state index is -0.383. The largest absolute Gasteiger partial charge is 0.407 e. The Morgan fingerprint density at radius 1 is 1.47 bits per heavy atom. The monoisotopic (exact) mass is 313 g/mol. The molecule has 15 heavy (non-hydrogen) atoms. The van der Waals surface area contributed by atoms with Crippen molar-refractivity contribution >= 4 is 40.5 Å². The molecule has 1 heterocycles. The van der Waals surface area contributed by atoms with Gasteiger partial charge in [-0.25, -0.2) is 9.79 Å². The minimum absolute atomic E-state index is 0.356. The highest BCUT2D eigenvalue weighted by molar-refractivity contribution is 14.1. The van der Waals surface area contributed by atoms with E-state index in [-0.39, 0.29) is 5.97 Å². The van der Waals surface area contributed by atoms with Crippen LogP contribution in [0.15, 0.2) is 35.0 Å². The number of nitrogens with zero attached hydrogens (tertiary/aromatic N) is 1. The predicted molar refractivity (Wildman–Crippen MR) is 66.3 cm³/mol. The standard InChI is InChI=1S/C11H8INO2/c1-7-13-10(11(14)15-7)6-8-3-2-4-9(12)5-8/h2-6H,1H3/b10-6-. The highest BCUT2D eigenvalue weighted by atomic mass is 127. The molecule has 0 amide bonds. The van der Waals surface area contributed by atoms with E-state index in [1.54, 1.807) is 13.0 Å². The van der Waals surface area contributed by atoms with Crippen LogP contribution in [0.5, 0.6) is 0 Å². The zero-order valence-corrected chi connectivity index (χ0v) is 10.2. The van der Waals surface area contributed by atoms with Gasteiger partial charge in [-0.05, 0) is 46.4 Å². The van der Waals surface area contributed by atoms with Gasteiger partial charge in [-0.3, -0.25) is 0 Å². The van der Waals surface area contributed by atoms with Gasteiger partial charge in [-0.2, -0.15) is 0 Å². The first-order valence-electron chi connectivity index (χ1n) is 4.40. The summed E-state index contributed by atoms with van der Waals surface area (Å²) in [7, 11) is 0. The summed E-state index contributed by atoms with van der Waals surface area (Å²) >= 11 is 2.22. The normalized spacial score (nSPS) is 17.9. The number of carbonyl (C=O) groups is 1. The molecule has 0 N–H and O–H groups in total. The van der Waals surface area contributed by atoms with Crippen molar-refractivity contribution in [1.82, 2.24) is 0 Å². The lowest BCUT2D eigenvalue weighted by Gasteiger charge is -1.94. The van der Waals surface area contributed by atoms with Crippen molar-refractivity contribution in [3.63, 3.8) is 0 Å². The molecule has 0 radical (unpaired) electrons. The number of cyclic esters (lactones) is 1. The number of aliphatic imine (C=N–C) groups is 1. The number of esters is 1. The van der Waals surface area contributed by atoms with Gasteiger partial charge in [-0.15, -0.1) is 0 Å². The lowest BCUT2D eigenvalue weighted by Crippen LogP contribution is -1.99. The fraction of sp³-hybridized carbons (Fsp3) is 0.0909. The Bertz CT molecular complexity index is 477. The summed E-state index contributed by atoms with van der Waals surface area (Å²) in [6.45, 7) is 1.66. The van der Waals surface area contributed by atoms with E-state index in [0.717, 1.165) is 9.13 Å². The average molecular weight is 313 g/mol. The second-order valence-corrected chi connectivity index (χ2v) is 4.35. The SMILES string of the molecule is CC1=N/C(=C\c2cccc(I)c2)C(=O)O1. The van der Waals surface area contributed by atoms with Gasteiger partial charge in [0.15, 0.2) is 11.6 Å². The number of ether oxygens (including phenoxy) is 1. The fourth-order valence-corrected chi connectivity index (χ4v) is 1.84. The topological polar surface area (TPSA) is 38.7 Å². The molecule has 1 aliphatic heterocycles. The average Bonchev–Trinajstić information content (AvgIpc) is 2.45. The van der Waals surface area contributed by atoms with Crippen LogP contribution in [0.2, 0.25) is 0 Å². The first kappa shape index (κ1) is 10.4. The predicted octanol–water partition coefficient (Wildman–Crippen LogP) is 2.61.